The van der Waals surface area contributed by atoms with Gasteiger partial charge in [0.1, 0.15) is 41.2 Å². The van der Waals surface area contributed by atoms with Crippen molar-refractivity contribution >= 4 is 39.9 Å². The number of H-pyrrole nitrogens is 1. The molecule has 3 heterocycles. The molecule has 5 atom stereocenters. The van der Waals surface area contributed by atoms with E-state index in [-0.39, 0.29) is 65.9 Å². The molecule has 0 aliphatic carbocycles. The van der Waals surface area contributed by atoms with Crippen molar-refractivity contribution in [2.45, 2.75) is 141 Å². The highest BCUT2D eigenvalue weighted by molar-refractivity contribution is 7.44. The Bertz CT molecular complexity index is 2930. The molecule has 0 bridgehead atoms. The van der Waals surface area contributed by atoms with Crippen molar-refractivity contribution in [3.63, 3.8) is 0 Å². The molecule has 7 rings (SSSR count). The third-order valence-electron chi connectivity index (χ3n) is 14.1. The van der Waals surface area contributed by atoms with Crippen LogP contribution in [0.1, 0.15) is 104 Å². The van der Waals surface area contributed by atoms with Gasteiger partial charge in [-0.15, -0.1) is 0 Å². The van der Waals surface area contributed by atoms with Gasteiger partial charge in [0.2, 0.25) is 5.95 Å². The molecule has 1 amide bonds. The number of benzene rings is 4. The smallest absolute Gasteiger partial charge is 0.280 e. The van der Waals surface area contributed by atoms with E-state index in [0.29, 0.717) is 17.2 Å². The molecule has 1 saturated heterocycles. The molecular formula is C58H76N7O10PSi. The molecule has 1 fully saturated rings. The number of aromatic nitrogens is 4. The van der Waals surface area contributed by atoms with Gasteiger partial charge in [0, 0.05) is 12.1 Å². The Kier molecular flexibility index (Phi) is 18.9. The minimum absolute atomic E-state index is 0.0139. The third-order valence-corrected chi connectivity index (χ3v) is 20.7. The van der Waals surface area contributed by atoms with Crippen LogP contribution in [0.15, 0.2) is 114 Å². The van der Waals surface area contributed by atoms with E-state index in [1.807, 2.05) is 103 Å². The number of nitrogens with zero attached hydrogens (tertiary/aromatic N) is 5. The number of amides is 1. The number of hydrogen-bond acceptors (Lipinski definition) is 14. The maximum Gasteiger partial charge on any atom is 0.280 e. The van der Waals surface area contributed by atoms with Crippen LogP contribution in [0.3, 0.4) is 0 Å². The maximum atomic E-state index is 13.9. The summed E-state index contributed by atoms with van der Waals surface area (Å²) < 4.78 is 57.4. The van der Waals surface area contributed by atoms with E-state index in [1.54, 1.807) is 18.8 Å². The first-order valence-electron chi connectivity index (χ1n) is 26.1. The highest BCUT2D eigenvalue weighted by Crippen LogP contribution is 2.53. The zero-order chi connectivity index (χ0) is 55.9. The van der Waals surface area contributed by atoms with Gasteiger partial charge in [-0.05, 0) is 110 Å². The summed E-state index contributed by atoms with van der Waals surface area (Å²) in [5, 5.41) is 12.1. The van der Waals surface area contributed by atoms with Gasteiger partial charge >= 0.3 is 0 Å². The van der Waals surface area contributed by atoms with Crippen LogP contribution < -0.4 is 25.1 Å². The van der Waals surface area contributed by atoms with E-state index in [4.69, 9.17) is 42.1 Å². The second-order valence-electron chi connectivity index (χ2n) is 22.2. The van der Waals surface area contributed by atoms with Crippen molar-refractivity contribution in [3.8, 4) is 23.3 Å². The van der Waals surface area contributed by atoms with Gasteiger partial charge < -0.3 is 37.2 Å². The molecule has 19 heteroatoms. The molecule has 17 nitrogen and oxygen atoms in total. The number of fused-ring (bicyclic) bond motifs is 1. The number of hydrogen-bond donors (Lipinski definition) is 2. The van der Waals surface area contributed by atoms with E-state index >= 15 is 0 Å². The summed E-state index contributed by atoms with van der Waals surface area (Å²) in [4.78, 5) is 39.4. The molecule has 5 unspecified atom stereocenters. The lowest BCUT2D eigenvalue weighted by Gasteiger charge is -2.42. The highest BCUT2D eigenvalue weighted by atomic mass is 31.2. The fourth-order valence-corrected chi connectivity index (χ4v) is 12.1. The Morgan fingerprint density at radius 2 is 1.39 bits per heavy atom. The molecule has 4 aromatic carbocycles. The van der Waals surface area contributed by atoms with Crippen LogP contribution in [0, 0.1) is 11.3 Å². The molecule has 2 N–H and O–H groups in total. The van der Waals surface area contributed by atoms with Crippen molar-refractivity contribution in [3.05, 3.63) is 142 Å². The lowest BCUT2D eigenvalue weighted by molar-refractivity contribution is -0.118. The van der Waals surface area contributed by atoms with Crippen molar-refractivity contribution in [2.75, 3.05) is 39.4 Å². The van der Waals surface area contributed by atoms with Crippen LogP contribution >= 0.6 is 8.53 Å². The number of carbonyl (C=O) groups excluding carboxylic acids is 1. The molecule has 1 aliphatic heterocycles. The van der Waals surface area contributed by atoms with Crippen LogP contribution in [-0.4, -0.2) is 103 Å². The predicted octanol–water partition coefficient (Wildman–Crippen LogP) is 11.4. The Hall–Kier alpha value is -6.00. The average molecular weight is 1090 g/mol. The van der Waals surface area contributed by atoms with Crippen LogP contribution in [-0.2, 0) is 38.8 Å². The van der Waals surface area contributed by atoms with Crippen LogP contribution in [0.25, 0.3) is 11.2 Å². The van der Waals surface area contributed by atoms with Crippen molar-refractivity contribution in [1.82, 2.24) is 24.2 Å². The van der Waals surface area contributed by atoms with Gasteiger partial charge in [-0.3, -0.25) is 24.5 Å². The third kappa shape index (κ3) is 13.5. The second kappa shape index (κ2) is 24.8. The van der Waals surface area contributed by atoms with Crippen LogP contribution in [0.5, 0.6) is 17.2 Å². The number of aromatic amines is 1. The number of anilines is 1. The lowest BCUT2D eigenvalue weighted by Crippen LogP contribution is -2.50. The van der Waals surface area contributed by atoms with E-state index in [1.165, 1.54) is 6.33 Å². The first-order valence-corrected chi connectivity index (χ1v) is 30.1. The summed E-state index contributed by atoms with van der Waals surface area (Å²) in [6.45, 7) is 25.2. The van der Waals surface area contributed by atoms with Crippen LogP contribution in [0.2, 0.25) is 18.1 Å². The van der Waals surface area contributed by atoms with E-state index < -0.39 is 58.5 Å². The normalized spacial score (nSPS) is 17.7. The van der Waals surface area contributed by atoms with Gasteiger partial charge in [-0.2, -0.15) is 10.2 Å². The predicted molar refractivity (Wildman–Crippen MR) is 302 cm³/mol. The Morgan fingerprint density at radius 1 is 0.831 bits per heavy atom. The first kappa shape index (κ1) is 58.7. The van der Waals surface area contributed by atoms with Crippen molar-refractivity contribution in [2.24, 2.45) is 0 Å². The number of imidazole rings is 1. The zero-order valence-electron chi connectivity index (χ0n) is 47.0. The summed E-state index contributed by atoms with van der Waals surface area (Å²) in [7, 11) is -1.38. The number of nitrogens with one attached hydrogen (secondary N) is 2. The number of rotatable bonds is 23. The topological polar surface area (TPSA) is 194 Å². The van der Waals surface area contributed by atoms with E-state index in [9.17, 15) is 14.9 Å². The Morgan fingerprint density at radius 3 is 1.92 bits per heavy atom. The maximum absolute atomic E-state index is 13.9. The molecule has 0 radical (unpaired) electrons. The summed E-state index contributed by atoms with van der Waals surface area (Å²) in [6, 6.07) is 35.3. The minimum atomic E-state index is -2.75. The lowest BCUT2D eigenvalue weighted by atomic mass is 9.80. The molecule has 1 aliphatic rings. The highest BCUT2D eigenvalue weighted by Gasteiger charge is 2.54. The number of ether oxygens (including phenoxy) is 5. The Labute approximate surface area is 455 Å². The van der Waals surface area contributed by atoms with Gasteiger partial charge in [0.25, 0.3) is 20.0 Å². The first-order chi connectivity index (χ1) is 36.5. The molecule has 0 spiro atoms. The monoisotopic (exact) mass is 1090 g/mol. The number of methoxy groups -OCH3 is 2. The molecular weight excluding hydrogens is 1010 g/mol. The van der Waals surface area contributed by atoms with Gasteiger partial charge in [-0.25, -0.2) is 9.65 Å². The molecule has 0 saturated carbocycles. The average Bonchev–Trinajstić information content (AvgIpc) is 4.02. The summed E-state index contributed by atoms with van der Waals surface area (Å²) in [5.41, 5.74) is 1.85. The molecule has 77 heavy (non-hydrogen) atoms. The minimum Gasteiger partial charge on any atom is -0.497 e. The van der Waals surface area contributed by atoms with Gasteiger partial charge in [0.05, 0.1) is 46.3 Å². The zero-order valence-corrected chi connectivity index (χ0v) is 48.8. The van der Waals surface area contributed by atoms with E-state index in [0.717, 1.165) is 22.3 Å². The fraction of sp³-hybridized carbons (Fsp3) is 0.466. The molecule has 412 valence electrons. The molecule has 2 aromatic heterocycles. The number of nitriles is 1. The largest absolute Gasteiger partial charge is 0.497 e. The summed E-state index contributed by atoms with van der Waals surface area (Å²) >= 11 is 0. The summed E-state index contributed by atoms with van der Waals surface area (Å²) in [6.07, 6.45) is -2.07. The van der Waals surface area contributed by atoms with Gasteiger partial charge in [0.15, 0.2) is 32.3 Å². The standard InChI is InChI=1S/C58H76N7O10PSi/c1-38(2)65(39(3)4)76(72-34-18-33-59)74-50-47(35-71-58(41-19-16-15-17-20-41,42-23-27-44(68-11)28-24-42)43-25-29-45(69-12)30-26-43)73-54(51(50)75-77(13,14)57(8,9)10)64-37-60-49-52(64)62-55(63-53(49)67)61-48(66)36-70-46-31-21-40(22-32-46)56(5,6)7/h15-17,19-32,37-39,47,50-51,54H,18,34-36H2,1-14H3,(H2,61,62,63,66,67). The Balaban J connectivity index is 1.36. The SMILES string of the molecule is COc1ccc(C(OCC2OC(n3cnc4c(=O)[nH]c(NC(=O)COc5ccc(C(C)(C)C)cc5)nc43)C(O[Si](C)(C)C(C)(C)C)C2OP(OCCC#N)N(C(C)C)C(C)C)(c2ccccc2)c2ccc(OC)cc2)cc1. The summed E-state index contributed by atoms with van der Waals surface area (Å²) in [5.74, 6) is 1.21. The molecule has 6 aromatic rings. The van der Waals surface area contributed by atoms with Gasteiger partial charge in [-0.1, -0.05) is 108 Å². The van der Waals surface area contributed by atoms with Crippen molar-refractivity contribution < 1.29 is 42.0 Å². The van der Waals surface area contributed by atoms with Crippen LogP contribution in [0.4, 0.5) is 5.95 Å². The fourth-order valence-electron chi connectivity index (χ4n) is 9.06. The quantitative estimate of drug-likeness (QED) is 0.0266. The number of carbonyl (C=O) groups is 1. The second-order valence-corrected chi connectivity index (χ2v) is 28.4. The van der Waals surface area contributed by atoms with Crippen molar-refractivity contribution in [1.29, 1.82) is 5.26 Å². The van der Waals surface area contributed by atoms with E-state index in [2.05, 4.69) is 108 Å².